The minimum Gasteiger partial charge on any atom is -0.354 e. The normalized spacial score (nSPS) is 11.0. The zero-order chi connectivity index (χ0) is 18.6. The van der Waals surface area contributed by atoms with Gasteiger partial charge >= 0.3 is 6.18 Å². The number of carbonyl (C=O) groups is 1. The maximum Gasteiger partial charge on any atom is 0.418 e. The predicted octanol–water partition coefficient (Wildman–Crippen LogP) is 5.10. The van der Waals surface area contributed by atoms with E-state index in [1.54, 1.807) is 36.4 Å². The second-order valence-corrected chi connectivity index (χ2v) is 5.42. The molecule has 2 aromatic carbocycles. The van der Waals surface area contributed by atoms with Crippen LogP contribution in [0.4, 0.5) is 30.4 Å². The summed E-state index contributed by atoms with van der Waals surface area (Å²) in [4.78, 5) is 16.1. The number of alkyl halides is 3. The highest BCUT2D eigenvalue weighted by Gasteiger charge is 2.33. The lowest BCUT2D eigenvalue weighted by atomic mass is 10.1. The maximum absolute atomic E-state index is 13.0. The van der Waals surface area contributed by atoms with Gasteiger partial charge in [-0.1, -0.05) is 30.3 Å². The molecule has 26 heavy (non-hydrogen) atoms. The molecule has 0 aliphatic carbocycles. The Morgan fingerprint density at radius 1 is 0.885 bits per heavy atom. The van der Waals surface area contributed by atoms with Gasteiger partial charge in [-0.3, -0.25) is 4.79 Å². The highest BCUT2D eigenvalue weighted by atomic mass is 19.4. The van der Waals surface area contributed by atoms with Crippen LogP contribution >= 0.6 is 0 Å². The molecule has 0 radical (unpaired) electrons. The Morgan fingerprint density at radius 2 is 1.58 bits per heavy atom. The van der Waals surface area contributed by atoms with Crippen molar-refractivity contribution < 1.29 is 18.0 Å². The Hall–Kier alpha value is -3.35. The van der Waals surface area contributed by atoms with Gasteiger partial charge in [-0.25, -0.2) is 4.98 Å². The average molecular weight is 357 g/mol. The van der Waals surface area contributed by atoms with Gasteiger partial charge in [0.15, 0.2) is 0 Å². The first-order valence-electron chi connectivity index (χ1n) is 7.69. The summed E-state index contributed by atoms with van der Waals surface area (Å²) in [6.07, 6.45) is -3.10. The molecule has 0 saturated heterocycles. The van der Waals surface area contributed by atoms with E-state index >= 15 is 0 Å². The van der Waals surface area contributed by atoms with Crippen LogP contribution in [-0.4, -0.2) is 10.9 Å². The van der Waals surface area contributed by atoms with Gasteiger partial charge in [0.2, 0.25) is 0 Å². The van der Waals surface area contributed by atoms with E-state index in [9.17, 15) is 18.0 Å². The molecular formula is C19H14F3N3O. The number of nitrogens with zero attached hydrogens (tertiary/aromatic N) is 1. The summed E-state index contributed by atoms with van der Waals surface area (Å²) in [5.74, 6) is -0.0188. The average Bonchev–Trinajstić information content (AvgIpc) is 2.63. The first-order valence-corrected chi connectivity index (χ1v) is 7.69. The summed E-state index contributed by atoms with van der Waals surface area (Å²) >= 11 is 0. The molecule has 0 spiro atoms. The number of amides is 1. The number of benzene rings is 2. The number of halogens is 3. The number of anilines is 3. The van der Waals surface area contributed by atoms with Gasteiger partial charge in [0.25, 0.3) is 5.91 Å². The van der Waals surface area contributed by atoms with Crippen molar-refractivity contribution in [3.8, 4) is 0 Å². The van der Waals surface area contributed by atoms with Gasteiger partial charge in [0.05, 0.1) is 23.1 Å². The third kappa shape index (κ3) is 4.18. The number of rotatable bonds is 4. The van der Waals surface area contributed by atoms with E-state index in [0.717, 1.165) is 6.07 Å². The van der Waals surface area contributed by atoms with Crippen LogP contribution in [0.25, 0.3) is 0 Å². The summed E-state index contributed by atoms with van der Waals surface area (Å²) in [5.41, 5.74) is 0.0272. The fourth-order valence-electron chi connectivity index (χ4n) is 2.31. The van der Waals surface area contributed by atoms with Crippen molar-refractivity contribution in [1.82, 2.24) is 4.98 Å². The molecule has 2 N–H and O–H groups in total. The molecular weight excluding hydrogens is 343 g/mol. The van der Waals surface area contributed by atoms with E-state index in [-0.39, 0.29) is 11.6 Å². The lowest BCUT2D eigenvalue weighted by Crippen LogP contribution is -2.12. The minimum atomic E-state index is -4.46. The number of carbonyl (C=O) groups excluding carboxylic acids is 1. The lowest BCUT2D eigenvalue weighted by Gasteiger charge is -2.14. The largest absolute Gasteiger partial charge is 0.418 e. The Bertz CT molecular complexity index is 894. The fraction of sp³-hybridized carbons (Fsp3) is 0.0526. The van der Waals surface area contributed by atoms with Crippen LogP contribution in [0.15, 0.2) is 72.9 Å². The van der Waals surface area contributed by atoms with Gasteiger partial charge in [0, 0.05) is 5.56 Å². The third-order valence-electron chi connectivity index (χ3n) is 3.55. The summed E-state index contributed by atoms with van der Waals surface area (Å²) in [7, 11) is 0. The van der Waals surface area contributed by atoms with E-state index in [4.69, 9.17) is 0 Å². The molecule has 7 heteroatoms. The summed E-state index contributed by atoms with van der Waals surface area (Å²) < 4.78 is 39.1. The van der Waals surface area contributed by atoms with Crippen molar-refractivity contribution in [2.45, 2.75) is 6.18 Å². The number of hydrogen-bond donors (Lipinski definition) is 2. The van der Waals surface area contributed by atoms with Crippen LogP contribution < -0.4 is 10.6 Å². The number of hydrogen-bond acceptors (Lipinski definition) is 3. The summed E-state index contributed by atoms with van der Waals surface area (Å²) in [6, 6.07) is 16.9. The zero-order valence-corrected chi connectivity index (χ0v) is 13.4. The molecule has 0 aliphatic rings. The maximum atomic E-state index is 13.0. The van der Waals surface area contributed by atoms with Gasteiger partial charge in [-0.2, -0.15) is 13.2 Å². The number of para-hydroxylation sites is 1. The SMILES string of the molecule is O=C(Nc1ccc(Nc2ccccc2C(F)(F)F)cn1)c1ccccc1. The summed E-state index contributed by atoms with van der Waals surface area (Å²) in [5, 5.41) is 5.32. The lowest BCUT2D eigenvalue weighted by molar-refractivity contribution is -0.136. The molecule has 0 fully saturated rings. The van der Waals surface area contributed by atoms with Crippen LogP contribution in [0, 0.1) is 0 Å². The van der Waals surface area contributed by atoms with Crippen LogP contribution in [0.5, 0.6) is 0 Å². The number of aromatic nitrogens is 1. The first-order chi connectivity index (χ1) is 12.4. The molecule has 0 unspecified atom stereocenters. The molecule has 3 rings (SSSR count). The van der Waals surface area contributed by atoms with Crippen LogP contribution in [0.1, 0.15) is 15.9 Å². The van der Waals surface area contributed by atoms with Crippen LogP contribution in [-0.2, 0) is 6.18 Å². The molecule has 1 amide bonds. The van der Waals surface area contributed by atoms with Gasteiger partial charge in [-0.15, -0.1) is 0 Å². The molecule has 0 aliphatic heterocycles. The zero-order valence-electron chi connectivity index (χ0n) is 13.4. The Balaban J connectivity index is 1.72. The molecule has 0 bridgehead atoms. The first kappa shape index (κ1) is 17.5. The van der Waals surface area contributed by atoms with E-state index in [1.165, 1.54) is 30.5 Å². The minimum absolute atomic E-state index is 0.0668. The van der Waals surface area contributed by atoms with E-state index in [1.807, 2.05) is 0 Å². The van der Waals surface area contributed by atoms with Crippen molar-refractivity contribution >= 4 is 23.1 Å². The molecule has 132 valence electrons. The monoisotopic (exact) mass is 357 g/mol. The standard InChI is InChI=1S/C19H14F3N3O/c20-19(21,22)15-8-4-5-9-16(15)24-14-10-11-17(23-12-14)25-18(26)13-6-2-1-3-7-13/h1-12,24H,(H,23,25,26). The molecule has 1 heterocycles. The van der Waals surface area contributed by atoms with Crippen LogP contribution in [0.2, 0.25) is 0 Å². The topological polar surface area (TPSA) is 54.0 Å². The van der Waals surface area contributed by atoms with Gasteiger partial charge in [0.1, 0.15) is 5.82 Å². The van der Waals surface area contributed by atoms with Crippen molar-refractivity contribution in [1.29, 1.82) is 0 Å². The van der Waals surface area contributed by atoms with Crippen molar-refractivity contribution in [2.75, 3.05) is 10.6 Å². The molecule has 0 saturated carbocycles. The number of pyridine rings is 1. The van der Waals surface area contributed by atoms with E-state index in [2.05, 4.69) is 15.6 Å². The quantitative estimate of drug-likeness (QED) is 0.683. The highest BCUT2D eigenvalue weighted by Crippen LogP contribution is 2.35. The summed E-state index contributed by atoms with van der Waals surface area (Å²) in [6.45, 7) is 0. The van der Waals surface area contributed by atoms with Gasteiger partial charge < -0.3 is 10.6 Å². The van der Waals surface area contributed by atoms with E-state index < -0.39 is 11.7 Å². The second-order valence-electron chi connectivity index (χ2n) is 5.42. The molecule has 0 atom stereocenters. The van der Waals surface area contributed by atoms with Gasteiger partial charge in [-0.05, 0) is 36.4 Å². The Morgan fingerprint density at radius 3 is 2.23 bits per heavy atom. The molecule has 4 nitrogen and oxygen atoms in total. The molecule has 3 aromatic rings. The smallest absolute Gasteiger partial charge is 0.354 e. The van der Waals surface area contributed by atoms with E-state index in [0.29, 0.717) is 17.1 Å². The third-order valence-corrected chi connectivity index (χ3v) is 3.55. The highest BCUT2D eigenvalue weighted by molar-refractivity contribution is 6.03. The molecule has 1 aromatic heterocycles. The fourth-order valence-corrected chi connectivity index (χ4v) is 2.31. The van der Waals surface area contributed by atoms with Crippen molar-refractivity contribution in [2.24, 2.45) is 0 Å². The van der Waals surface area contributed by atoms with Crippen molar-refractivity contribution in [3.63, 3.8) is 0 Å². The Labute approximate surface area is 147 Å². The number of nitrogens with one attached hydrogen (secondary N) is 2. The Kier molecular flexibility index (Phi) is 4.88. The van der Waals surface area contributed by atoms with Crippen molar-refractivity contribution in [3.05, 3.63) is 84.1 Å². The van der Waals surface area contributed by atoms with Crippen LogP contribution in [0.3, 0.4) is 0 Å². The second kappa shape index (κ2) is 7.26. The predicted molar refractivity (Wildman–Crippen MR) is 93.4 cm³/mol.